The van der Waals surface area contributed by atoms with Gasteiger partial charge in [-0.25, -0.2) is 4.39 Å². The van der Waals surface area contributed by atoms with Gasteiger partial charge < -0.3 is 5.11 Å². The van der Waals surface area contributed by atoms with Crippen LogP contribution in [0.4, 0.5) is 4.39 Å². The Hall–Kier alpha value is -0.410. The molecule has 1 rings (SSSR count). The van der Waals surface area contributed by atoms with Crippen LogP contribution in [0, 0.1) is 11.2 Å². The van der Waals surface area contributed by atoms with E-state index in [9.17, 15) is 9.50 Å². The van der Waals surface area contributed by atoms with Crippen LogP contribution >= 0.6 is 15.9 Å². The van der Waals surface area contributed by atoms with E-state index >= 15 is 0 Å². The van der Waals surface area contributed by atoms with Crippen LogP contribution in [0.5, 0.6) is 0 Å². The molecule has 0 heterocycles. The van der Waals surface area contributed by atoms with E-state index in [0.717, 1.165) is 5.56 Å². The van der Waals surface area contributed by atoms with Crippen molar-refractivity contribution in [2.24, 2.45) is 5.41 Å². The molecule has 0 aromatic heterocycles. The molecule has 1 N–H and O–H groups in total. The van der Waals surface area contributed by atoms with Crippen LogP contribution in [0.15, 0.2) is 22.7 Å². The highest BCUT2D eigenvalue weighted by atomic mass is 79.9. The predicted octanol–water partition coefficient (Wildman–Crippen LogP) is 3.67. The number of aliphatic hydroxyl groups is 1. The molecule has 1 nitrogen and oxygen atoms in total. The molecule has 0 aliphatic rings. The van der Waals surface area contributed by atoms with Crippen molar-refractivity contribution in [1.82, 2.24) is 0 Å². The topological polar surface area (TPSA) is 20.2 Å². The molecule has 0 saturated heterocycles. The van der Waals surface area contributed by atoms with E-state index in [4.69, 9.17) is 0 Å². The maximum Gasteiger partial charge on any atom is 0.124 e. The highest BCUT2D eigenvalue weighted by Crippen LogP contribution is 2.36. The summed E-state index contributed by atoms with van der Waals surface area (Å²) in [4.78, 5) is 0. The van der Waals surface area contributed by atoms with E-state index in [1.165, 1.54) is 12.1 Å². The number of aliphatic hydroxyl groups excluding tert-OH is 1. The van der Waals surface area contributed by atoms with E-state index in [1.807, 2.05) is 20.8 Å². The Bertz CT molecular complexity index is 331. The zero-order valence-corrected chi connectivity index (χ0v) is 10.1. The minimum atomic E-state index is -0.600. The molecule has 0 aliphatic heterocycles. The van der Waals surface area contributed by atoms with Gasteiger partial charge >= 0.3 is 0 Å². The molecule has 78 valence electrons. The smallest absolute Gasteiger partial charge is 0.124 e. The molecule has 1 unspecified atom stereocenters. The van der Waals surface area contributed by atoms with Gasteiger partial charge in [-0.15, -0.1) is 0 Å². The maximum atomic E-state index is 12.8. The van der Waals surface area contributed by atoms with Crippen LogP contribution in [0.25, 0.3) is 0 Å². The minimum Gasteiger partial charge on any atom is -0.388 e. The predicted molar refractivity (Wildman–Crippen MR) is 58.5 cm³/mol. The van der Waals surface area contributed by atoms with Crippen LogP contribution in [-0.4, -0.2) is 5.11 Å². The van der Waals surface area contributed by atoms with Crippen molar-refractivity contribution in [3.63, 3.8) is 0 Å². The SMILES string of the molecule is CC(C)(C)C(O)c1ccc(F)cc1Br. The molecule has 1 aromatic carbocycles. The Morgan fingerprint density at radius 1 is 1.36 bits per heavy atom. The average Bonchev–Trinajstić information content (AvgIpc) is 2.01. The van der Waals surface area contributed by atoms with Crippen LogP contribution in [-0.2, 0) is 0 Å². The first-order valence-corrected chi connectivity index (χ1v) is 5.24. The van der Waals surface area contributed by atoms with Crippen molar-refractivity contribution in [3.05, 3.63) is 34.1 Å². The van der Waals surface area contributed by atoms with Crippen molar-refractivity contribution < 1.29 is 9.50 Å². The molecule has 0 radical (unpaired) electrons. The van der Waals surface area contributed by atoms with E-state index < -0.39 is 6.10 Å². The van der Waals surface area contributed by atoms with Gasteiger partial charge in [0.2, 0.25) is 0 Å². The molecule has 0 fully saturated rings. The summed E-state index contributed by atoms with van der Waals surface area (Å²) >= 11 is 3.24. The third-order valence-corrected chi connectivity index (χ3v) is 2.76. The first-order valence-electron chi connectivity index (χ1n) is 4.45. The zero-order valence-electron chi connectivity index (χ0n) is 8.51. The third-order valence-electron chi connectivity index (χ3n) is 2.08. The molecule has 1 aromatic rings. The molecule has 14 heavy (non-hydrogen) atoms. The fourth-order valence-electron chi connectivity index (χ4n) is 1.19. The molecule has 1 atom stereocenters. The molecule has 0 amide bonds. The number of hydrogen-bond acceptors (Lipinski definition) is 1. The Morgan fingerprint density at radius 2 is 1.93 bits per heavy atom. The fraction of sp³-hybridized carbons (Fsp3) is 0.455. The van der Waals surface area contributed by atoms with Gasteiger partial charge in [-0.05, 0) is 23.1 Å². The second kappa shape index (κ2) is 3.99. The molecular weight excluding hydrogens is 247 g/mol. The van der Waals surface area contributed by atoms with Crippen LogP contribution in [0.2, 0.25) is 0 Å². The molecule has 0 saturated carbocycles. The monoisotopic (exact) mass is 260 g/mol. The van der Waals surface area contributed by atoms with Crippen LogP contribution < -0.4 is 0 Å². The van der Waals surface area contributed by atoms with Gasteiger partial charge in [0.15, 0.2) is 0 Å². The Labute approximate surface area is 92.1 Å². The lowest BCUT2D eigenvalue weighted by Crippen LogP contribution is -2.18. The quantitative estimate of drug-likeness (QED) is 0.817. The zero-order chi connectivity index (χ0) is 10.9. The van der Waals surface area contributed by atoms with Gasteiger partial charge in [-0.1, -0.05) is 42.8 Å². The molecule has 0 spiro atoms. The minimum absolute atomic E-state index is 0.250. The van der Waals surface area contributed by atoms with Gasteiger partial charge in [0.25, 0.3) is 0 Å². The second-order valence-corrected chi connectivity index (χ2v) is 5.29. The number of halogens is 2. The van der Waals surface area contributed by atoms with Gasteiger partial charge in [0, 0.05) is 4.47 Å². The maximum absolute atomic E-state index is 12.8. The van der Waals surface area contributed by atoms with E-state index in [0.29, 0.717) is 4.47 Å². The summed E-state index contributed by atoms with van der Waals surface area (Å²) in [5.41, 5.74) is 0.472. The lowest BCUT2D eigenvalue weighted by Gasteiger charge is -2.26. The number of hydrogen-bond donors (Lipinski definition) is 1. The summed E-state index contributed by atoms with van der Waals surface area (Å²) in [5, 5.41) is 9.98. The first kappa shape index (κ1) is 11.7. The van der Waals surface area contributed by atoms with Crippen molar-refractivity contribution in [3.8, 4) is 0 Å². The molecular formula is C11H14BrFO. The second-order valence-electron chi connectivity index (χ2n) is 4.43. The summed E-state index contributed by atoms with van der Waals surface area (Å²) in [6.45, 7) is 5.81. The van der Waals surface area contributed by atoms with Crippen molar-refractivity contribution >= 4 is 15.9 Å². The lowest BCUT2D eigenvalue weighted by molar-refractivity contribution is 0.0620. The van der Waals surface area contributed by atoms with Gasteiger partial charge in [-0.2, -0.15) is 0 Å². The van der Waals surface area contributed by atoms with E-state index in [1.54, 1.807) is 6.07 Å². The average molecular weight is 261 g/mol. The van der Waals surface area contributed by atoms with Gasteiger partial charge in [0.1, 0.15) is 5.82 Å². The number of benzene rings is 1. The Kier molecular flexibility index (Phi) is 3.32. The van der Waals surface area contributed by atoms with Gasteiger partial charge in [-0.3, -0.25) is 0 Å². The molecule has 0 aliphatic carbocycles. The van der Waals surface area contributed by atoms with E-state index in [2.05, 4.69) is 15.9 Å². The standard InChI is InChI=1S/C11H14BrFO/c1-11(2,3)10(14)8-5-4-7(13)6-9(8)12/h4-6,10,14H,1-3H3. The van der Waals surface area contributed by atoms with Crippen LogP contribution in [0.1, 0.15) is 32.4 Å². The summed E-state index contributed by atoms with van der Waals surface area (Å²) in [6.07, 6.45) is -0.600. The summed E-state index contributed by atoms with van der Waals surface area (Å²) < 4.78 is 13.4. The third kappa shape index (κ3) is 2.55. The largest absolute Gasteiger partial charge is 0.388 e. The Morgan fingerprint density at radius 3 is 2.36 bits per heavy atom. The van der Waals surface area contributed by atoms with Crippen molar-refractivity contribution in [1.29, 1.82) is 0 Å². The molecule has 0 bridgehead atoms. The van der Waals surface area contributed by atoms with E-state index in [-0.39, 0.29) is 11.2 Å². The van der Waals surface area contributed by atoms with Crippen LogP contribution in [0.3, 0.4) is 0 Å². The molecule has 3 heteroatoms. The first-order chi connectivity index (χ1) is 6.32. The van der Waals surface area contributed by atoms with Crippen molar-refractivity contribution in [2.75, 3.05) is 0 Å². The lowest BCUT2D eigenvalue weighted by atomic mass is 9.85. The summed E-state index contributed by atoms with van der Waals surface area (Å²) in [6, 6.07) is 4.33. The summed E-state index contributed by atoms with van der Waals surface area (Å²) in [7, 11) is 0. The number of rotatable bonds is 1. The summed E-state index contributed by atoms with van der Waals surface area (Å²) in [5.74, 6) is -0.304. The highest BCUT2D eigenvalue weighted by Gasteiger charge is 2.25. The van der Waals surface area contributed by atoms with Gasteiger partial charge in [0.05, 0.1) is 6.10 Å². The van der Waals surface area contributed by atoms with Crippen molar-refractivity contribution in [2.45, 2.75) is 26.9 Å². The Balaban J connectivity index is 3.08. The highest BCUT2D eigenvalue weighted by molar-refractivity contribution is 9.10. The fourth-order valence-corrected chi connectivity index (χ4v) is 1.76. The normalized spacial score (nSPS) is 14.1.